The van der Waals surface area contributed by atoms with Crippen molar-refractivity contribution >= 4 is 29.4 Å². The number of carbonyl (C=O) groups excluding carboxylic acids is 2. The zero-order valence-corrected chi connectivity index (χ0v) is 14.8. The lowest BCUT2D eigenvalue weighted by molar-refractivity contribution is -0.113. The molecule has 0 unspecified atom stereocenters. The molecular weight excluding hydrogens is 316 g/mol. The molecule has 0 fully saturated rings. The van der Waals surface area contributed by atoms with Crippen LogP contribution in [0.25, 0.3) is 0 Å². The van der Waals surface area contributed by atoms with Crippen LogP contribution in [0.5, 0.6) is 5.75 Å². The van der Waals surface area contributed by atoms with Crippen LogP contribution in [-0.2, 0) is 9.53 Å². The fourth-order valence-electron chi connectivity index (χ4n) is 1.64. The van der Waals surface area contributed by atoms with Gasteiger partial charge < -0.3 is 20.1 Å². The van der Waals surface area contributed by atoms with Gasteiger partial charge in [-0.25, -0.2) is 4.79 Å². The molecule has 1 aromatic carbocycles. The number of carbonyl (C=O) groups is 2. The molecule has 2 N–H and O–H groups in total. The van der Waals surface area contributed by atoms with Crippen LogP contribution < -0.4 is 15.4 Å². The van der Waals surface area contributed by atoms with E-state index in [1.54, 1.807) is 19.2 Å². The molecule has 0 radical (unpaired) electrons. The molecule has 0 aliphatic rings. The van der Waals surface area contributed by atoms with Crippen molar-refractivity contribution in [1.29, 1.82) is 0 Å². The van der Waals surface area contributed by atoms with E-state index >= 15 is 0 Å². The van der Waals surface area contributed by atoms with Crippen molar-refractivity contribution in [2.75, 3.05) is 30.5 Å². The van der Waals surface area contributed by atoms with Gasteiger partial charge >= 0.3 is 6.09 Å². The summed E-state index contributed by atoms with van der Waals surface area (Å²) in [5.41, 5.74) is 0.138. The van der Waals surface area contributed by atoms with Gasteiger partial charge in [-0.05, 0) is 32.9 Å². The van der Waals surface area contributed by atoms with Gasteiger partial charge in [0.15, 0.2) is 0 Å². The van der Waals surface area contributed by atoms with Gasteiger partial charge in [-0.1, -0.05) is 12.1 Å². The van der Waals surface area contributed by atoms with E-state index in [0.29, 0.717) is 29.5 Å². The van der Waals surface area contributed by atoms with Crippen LogP contribution in [0.1, 0.15) is 20.8 Å². The summed E-state index contributed by atoms with van der Waals surface area (Å²) >= 11 is 1.43. The molecule has 0 saturated heterocycles. The van der Waals surface area contributed by atoms with Crippen molar-refractivity contribution in [3.8, 4) is 5.75 Å². The highest BCUT2D eigenvalue weighted by Crippen LogP contribution is 2.23. The molecule has 1 rings (SSSR count). The summed E-state index contributed by atoms with van der Waals surface area (Å²) in [5, 5.41) is 5.44. The fraction of sp³-hybridized carbons (Fsp3) is 0.500. The van der Waals surface area contributed by atoms with Gasteiger partial charge in [-0.2, -0.15) is 11.8 Å². The van der Waals surface area contributed by atoms with E-state index in [1.807, 2.05) is 32.9 Å². The van der Waals surface area contributed by atoms with E-state index in [4.69, 9.17) is 9.47 Å². The number of hydrogen-bond donors (Lipinski definition) is 2. The summed E-state index contributed by atoms with van der Waals surface area (Å²) < 4.78 is 10.3. The van der Waals surface area contributed by atoms with Crippen LogP contribution in [0, 0.1) is 0 Å². The zero-order valence-electron chi connectivity index (χ0n) is 14.0. The molecule has 2 amide bonds. The number of methoxy groups -OCH3 is 1. The molecule has 1 aromatic rings. The summed E-state index contributed by atoms with van der Waals surface area (Å²) in [7, 11) is 1.56. The maximum absolute atomic E-state index is 11.9. The smallest absolute Gasteiger partial charge is 0.407 e. The Hall–Kier alpha value is -1.89. The van der Waals surface area contributed by atoms with Gasteiger partial charge in [0.2, 0.25) is 5.91 Å². The number of alkyl carbamates (subject to hydrolysis) is 1. The van der Waals surface area contributed by atoms with Gasteiger partial charge in [0.1, 0.15) is 11.4 Å². The minimum atomic E-state index is -0.508. The Kier molecular flexibility index (Phi) is 7.74. The lowest BCUT2D eigenvalue weighted by Crippen LogP contribution is -2.33. The minimum absolute atomic E-state index is 0.114. The predicted octanol–water partition coefficient (Wildman–Crippen LogP) is 2.89. The molecule has 0 aliphatic carbocycles. The number of para-hydroxylation sites is 2. The lowest BCUT2D eigenvalue weighted by atomic mass is 10.2. The number of hydrogen-bond acceptors (Lipinski definition) is 5. The lowest BCUT2D eigenvalue weighted by Gasteiger charge is -2.19. The van der Waals surface area contributed by atoms with E-state index in [9.17, 15) is 9.59 Å². The second-order valence-corrected chi connectivity index (χ2v) is 6.83. The van der Waals surface area contributed by atoms with E-state index in [2.05, 4.69) is 10.6 Å². The number of ether oxygens (including phenoxy) is 2. The number of rotatable bonds is 7. The van der Waals surface area contributed by atoms with Crippen molar-refractivity contribution in [3.05, 3.63) is 24.3 Å². The summed E-state index contributed by atoms with van der Waals surface area (Å²) in [4.78, 5) is 23.3. The first-order valence-corrected chi connectivity index (χ1v) is 8.45. The van der Waals surface area contributed by atoms with Gasteiger partial charge in [0.05, 0.1) is 18.6 Å². The van der Waals surface area contributed by atoms with Crippen LogP contribution in [0.3, 0.4) is 0 Å². The van der Waals surface area contributed by atoms with E-state index in [-0.39, 0.29) is 5.91 Å². The molecule has 0 heterocycles. The topological polar surface area (TPSA) is 76.7 Å². The van der Waals surface area contributed by atoms with Crippen molar-refractivity contribution in [2.24, 2.45) is 0 Å². The third-order valence-electron chi connectivity index (χ3n) is 2.53. The van der Waals surface area contributed by atoms with Crippen LogP contribution in [0.2, 0.25) is 0 Å². The Morgan fingerprint density at radius 1 is 1.22 bits per heavy atom. The molecule has 6 nitrogen and oxygen atoms in total. The second kappa shape index (κ2) is 9.29. The van der Waals surface area contributed by atoms with Gasteiger partial charge in [-0.15, -0.1) is 0 Å². The van der Waals surface area contributed by atoms with Crippen LogP contribution in [0.15, 0.2) is 24.3 Å². The number of nitrogens with one attached hydrogen (secondary N) is 2. The van der Waals surface area contributed by atoms with Crippen molar-refractivity contribution in [3.63, 3.8) is 0 Å². The quantitative estimate of drug-likeness (QED) is 0.746. The Labute approximate surface area is 141 Å². The second-order valence-electron chi connectivity index (χ2n) is 5.73. The zero-order chi connectivity index (χ0) is 17.3. The minimum Gasteiger partial charge on any atom is -0.495 e. The number of benzene rings is 1. The average molecular weight is 340 g/mol. The maximum Gasteiger partial charge on any atom is 0.407 e. The summed E-state index contributed by atoms with van der Waals surface area (Å²) in [5.74, 6) is 1.43. The standard InChI is InChI=1S/C16H24N2O4S/c1-16(2,3)22-15(20)17-9-10-23-11-14(19)18-12-7-5-6-8-13(12)21-4/h5-8H,9-11H2,1-4H3,(H,17,20)(H,18,19). The first kappa shape index (κ1) is 19.2. The van der Waals surface area contributed by atoms with Gasteiger partial charge in [0.25, 0.3) is 0 Å². The molecule has 0 saturated carbocycles. The van der Waals surface area contributed by atoms with Gasteiger partial charge in [-0.3, -0.25) is 4.79 Å². The largest absolute Gasteiger partial charge is 0.495 e. The average Bonchev–Trinajstić information content (AvgIpc) is 2.45. The first-order valence-electron chi connectivity index (χ1n) is 7.29. The molecule has 128 valence electrons. The third kappa shape index (κ3) is 8.35. The summed E-state index contributed by atoms with van der Waals surface area (Å²) in [6, 6.07) is 7.24. The van der Waals surface area contributed by atoms with Crippen LogP contribution in [0.4, 0.5) is 10.5 Å². The maximum atomic E-state index is 11.9. The van der Waals surface area contributed by atoms with E-state index < -0.39 is 11.7 Å². The van der Waals surface area contributed by atoms with Crippen molar-refractivity contribution < 1.29 is 19.1 Å². The number of anilines is 1. The van der Waals surface area contributed by atoms with E-state index in [1.165, 1.54) is 11.8 Å². The highest BCUT2D eigenvalue weighted by Gasteiger charge is 2.15. The molecule has 7 heteroatoms. The molecule has 0 aliphatic heterocycles. The monoisotopic (exact) mass is 340 g/mol. The van der Waals surface area contributed by atoms with Crippen molar-refractivity contribution in [2.45, 2.75) is 26.4 Å². The summed E-state index contributed by atoms with van der Waals surface area (Å²) in [6.45, 7) is 5.87. The fourth-order valence-corrected chi connectivity index (χ4v) is 2.29. The number of amides is 2. The summed E-state index contributed by atoms with van der Waals surface area (Å²) in [6.07, 6.45) is -0.448. The Morgan fingerprint density at radius 3 is 2.57 bits per heavy atom. The molecule has 0 atom stereocenters. The molecule has 0 aromatic heterocycles. The highest BCUT2D eigenvalue weighted by molar-refractivity contribution is 7.99. The normalized spacial score (nSPS) is 10.8. The predicted molar refractivity (Wildman–Crippen MR) is 93.2 cm³/mol. The van der Waals surface area contributed by atoms with Crippen molar-refractivity contribution in [1.82, 2.24) is 5.32 Å². The first-order chi connectivity index (χ1) is 10.8. The Morgan fingerprint density at radius 2 is 1.91 bits per heavy atom. The molecular formula is C16H24N2O4S. The SMILES string of the molecule is COc1ccccc1NC(=O)CSCCNC(=O)OC(C)(C)C. The Balaban J connectivity index is 2.21. The molecule has 0 spiro atoms. The Bertz CT molecular complexity index is 529. The van der Waals surface area contributed by atoms with Gasteiger partial charge in [0, 0.05) is 12.3 Å². The third-order valence-corrected chi connectivity index (χ3v) is 3.49. The number of thioether (sulfide) groups is 1. The van der Waals surface area contributed by atoms with Crippen LogP contribution >= 0.6 is 11.8 Å². The van der Waals surface area contributed by atoms with E-state index in [0.717, 1.165) is 0 Å². The molecule has 23 heavy (non-hydrogen) atoms. The molecule has 0 bridgehead atoms. The highest BCUT2D eigenvalue weighted by atomic mass is 32.2. The van der Waals surface area contributed by atoms with Crippen LogP contribution in [-0.4, -0.2) is 42.8 Å².